The van der Waals surface area contributed by atoms with Crippen molar-refractivity contribution in [2.24, 2.45) is 0 Å². The van der Waals surface area contributed by atoms with Crippen LogP contribution in [0.25, 0.3) is 11.3 Å². The van der Waals surface area contributed by atoms with Crippen LogP contribution in [0.3, 0.4) is 0 Å². The summed E-state index contributed by atoms with van der Waals surface area (Å²) in [5.41, 5.74) is 2.92. The second-order valence-corrected chi connectivity index (χ2v) is 8.04. The van der Waals surface area contributed by atoms with Gasteiger partial charge in [-0.25, -0.2) is 9.37 Å². The molecule has 3 aromatic rings. The number of Topliss-reactive ketones (excluding diaryl/α,β-unsaturated/α-hetero) is 1. The fourth-order valence-corrected chi connectivity index (χ4v) is 3.58. The summed E-state index contributed by atoms with van der Waals surface area (Å²) in [5, 5.41) is 16.1. The van der Waals surface area contributed by atoms with Gasteiger partial charge in [0.1, 0.15) is 11.5 Å². The predicted molar refractivity (Wildman–Crippen MR) is 116 cm³/mol. The number of ketones is 1. The summed E-state index contributed by atoms with van der Waals surface area (Å²) in [6.07, 6.45) is 2.33. The van der Waals surface area contributed by atoms with Crippen LogP contribution in [-0.2, 0) is 6.42 Å². The molecule has 2 aromatic heterocycles. The molecule has 0 bridgehead atoms. The number of rotatable bonds is 6. The number of nitrogens with one attached hydrogen (secondary N) is 3. The van der Waals surface area contributed by atoms with E-state index in [1.165, 1.54) is 13.8 Å². The molecule has 1 aliphatic carbocycles. The number of H-pyrrole nitrogens is 1. The zero-order valence-electron chi connectivity index (χ0n) is 17.0. The average Bonchev–Trinajstić information content (AvgIpc) is 3.08. The van der Waals surface area contributed by atoms with E-state index >= 15 is 0 Å². The van der Waals surface area contributed by atoms with E-state index in [9.17, 15) is 14.3 Å². The van der Waals surface area contributed by atoms with Crippen LogP contribution < -0.4 is 10.6 Å². The molecular formula is C23H25FN4O2. The van der Waals surface area contributed by atoms with Gasteiger partial charge in [0.25, 0.3) is 0 Å². The number of alkyl halides is 1. The van der Waals surface area contributed by atoms with Crippen molar-refractivity contribution < 1.29 is 14.3 Å². The maximum absolute atomic E-state index is 14.0. The zero-order valence-corrected chi connectivity index (χ0v) is 17.0. The number of hydrogen-bond donors (Lipinski definition) is 4. The number of pyridine rings is 1. The monoisotopic (exact) mass is 408 g/mol. The van der Waals surface area contributed by atoms with Crippen LogP contribution in [0.2, 0.25) is 0 Å². The number of halogens is 1. The number of carbonyl (C=O) groups is 1. The molecule has 4 rings (SSSR count). The van der Waals surface area contributed by atoms with E-state index < -0.39 is 11.9 Å². The van der Waals surface area contributed by atoms with Crippen LogP contribution in [0, 0.1) is 0 Å². The van der Waals surface area contributed by atoms with Crippen LogP contribution in [0.5, 0.6) is 0 Å². The number of hydrogen-bond acceptors (Lipinski definition) is 5. The maximum Gasteiger partial charge on any atom is 0.166 e. The first-order chi connectivity index (χ1) is 14.3. The van der Waals surface area contributed by atoms with Crippen molar-refractivity contribution >= 4 is 23.0 Å². The first-order valence-electron chi connectivity index (χ1n) is 10.0. The van der Waals surface area contributed by atoms with Gasteiger partial charge >= 0.3 is 0 Å². The molecule has 1 atom stereocenters. The lowest BCUT2D eigenvalue weighted by Crippen LogP contribution is -2.38. The van der Waals surface area contributed by atoms with Gasteiger partial charge < -0.3 is 20.7 Å². The van der Waals surface area contributed by atoms with Gasteiger partial charge in [0, 0.05) is 29.6 Å². The highest BCUT2D eigenvalue weighted by Crippen LogP contribution is 2.39. The van der Waals surface area contributed by atoms with E-state index in [1.54, 1.807) is 12.3 Å². The van der Waals surface area contributed by atoms with Crippen molar-refractivity contribution in [3.8, 4) is 11.3 Å². The molecule has 0 spiro atoms. The molecule has 4 N–H and O–H groups in total. The Labute approximate surface area is 174 Å². The number of para-hydroxylation sites is 1. The van der Waals surface area contributed by atoms with Crippen LogP contribution in [0.4, 0.5) is 21.6 Å². The molecule has 0 fully saturated rings. The fraction of sp³-hybridized carbons (Fsp3) is 0.304. The van der Waals surface area contributed by atoms with E-state index in [0.29, 0.717) is 17.8 Å². The highest BCUT2D eigenvalue weighted by molar-refractivity contribution is 6.07. The lowest BCUT2D eigenvalue weighted by atomic mass is 9.95. The summed E-state index contributed by atoms with van der Waals surface area (Å²) < 4.78 is 14.0. The highest BCUT2D eigenvalue weighted by atomic mass is 19.1. The molecule has 6 nitrogen and oxygen atoms in total. The number of aliphatic hydroxyl groups is 1. The summed E-state index contributed by atoms with van der Waals surface area (Å²) in [6.45, 7) is 2.59. The Kier molecular flexibility index (Phi) is 5.30. The molecule has 2 heterocycles. The van der Waals surface area contributed by atoms with Crippen molar-refractivity contribution in [1.29, 1.82) is 0 Å². The van der Waals surface area contributed by atoms with Crippen molar-refractivity contribution in [3.63, 3.8) is 0 Å². The van der Waals surface area contributed by atoms with Crippen molar-refractivity contribution in [2.45, 2.75) is 45.0 Å². The molecule has 0 saturated heterocycles. The Morgan fingerprint density at radius 2 is 1.97 bits per heavy atom. The van der Waals surface area contributed by atoms with Crippen LogP contribution in [-0.4, -0.2) is 32.8 Å². The third kappa shape index (κ3) is 4.07. The topological polar surface area (TPSA) is 90.0 Å². The van der Waals surface area contributed by atoms with E-state index in [1.807, 2.05) is 36.4 Å². The second-order valence-electron chi connectivity index (χ2n) is 8.04. The van der Waals surface area contributed by atoms with Gasteiger partial charge in [-0.05, 0) is 51.0 Å². The molecule has 1 aromatic carbocycles. The normalized spacial score (nSPS) is 14.9. The van der Waals surface area contributed by atoms with E-state index in [-0.39, 0.29) is 5.78 Å². The molecule has 0 saturated carbocycles. The average molecular weight is 408 g/mol. The molecule has 1 aliphatic rings. The number of aromatic amines is 1. The smallest absolute Gasteiger partial charge is 0.166 e. The standard InChI is InChI=1S/C23H25FN4O2/c1-23(2,24)22(30)28-18-13-14(11-12-25-18)20-21(26-15-7-4-3-5-8-15)19-16(27-20)9-6-10-17(19)29/h3-5,7-8,11-13,22,26-27,30H,6,9-10H2,1-2H3,(H,25,28). The van der Waals surface area contributed by atoms with Crippen LogP contribution >= 0.6 is 0 Å². The van der Waals surface area contributed by atoms with Gasteiger partial charge in [-0.1, -0.05) is 18.2 Å². The summed E-state index contributed by atoms with van der Waals surface area (Å²) in [7, 11) is 0. The Balaban J connectivity index is 1.75. The first-order valence-corrected chi connectivity index (χ1v) is 10.0. The molecule has 7 heteroatoms. The number of carbonyl (C=O) groups excluding carboxylic acids is 1. The number of benzene rings is 1. The van der Waals surface area contributed by atoms with E-state index in [2.05, 4.69) is 20.6 Å². The van der Waals surface area contributed by atoms with Crippen molar-refractivity contribution in [1.82, 2.24) is 9.97 Å². The van der Waals surface area contributed by atoms with Crippen LogP contribution in [0.15, 0.2) is 48.7 Å². The van der Waals surface area contributed by atoms with Crippen molar-refractivity contribution in [3.05, 3.63) is 59.9 Å². The Morgan fingerprint density at radius 3 is 2.70 bits per heavy atom. The molecule has 1 unspecified atom stereocenters. The van der Waals surface area contributed by atoms with Gasteiger partial charge in [0.15, 0.2) is 12.0 Å². The minimum absolute atomic E-state index is 0.110. The molecular weight excluding hydrogens is 383 g/mol. The Bertz CT molecular complexity index is 1060. The Morgan fingerprint density at radius 1 is 1.20 bits per heavy atom. The zero-order chi connectivity index (χ0) is 21.3. The lowest BCUT2D eigenvalue weighted by molar-refractivity contribution is 0.0370. The van der Waals surface area contributed by atoms with Crippen molar-refractivity contribution in [2.75, 3.05) is 10.6 Å². The van der Waals surface area contributed by atoms with Gasteiger partial charge in [-0.15, -0.1) is 0 Å². The van der Waals surface area contributed by atoms with Gasteiger partial charge in [0.05, 0.1) is 16.9 Å². The number of aromatic nitrogens is 2. The van der Waals surface area contributed by atoms with Gasteiger partial charge in [0.2, 0.25) is 0 Å². The summed E-state index contributed by atoms with van der Waals surface area (Å²) >= 11 is 0. The second kappa shape index (κ2) is 7.91. The summed E-state index contributed by atoms with van der Waals surface area (Å²) in [5.74, 6) is 0.453. The molecule has 0 radical (unpaired) electrons. The van der Waals surface area contributed by atoms with Gasteiger partial charge in [-0.3, -0.25) is 4.79 Å². The number of aryl methyl sites for hydroxylation is 1. The lowest BCUT2D eigenvalue weighted by Gasteiger charge is -2.23. The number of nitrogens with zero attached hydrogens (tertiary/aromatic N) is 1. The quantitative estimate of drug-likeness (QED) is 0.439. The fourth-order valence-electron chi connectivity index (χ4n) is 3.58. The third-order valence-corrected chi connectivity index (χ3v) is 5.21. The summed E-state index contributed by atoms with van der Waals surface area (Å²) in [4.78, 5) is 20.3. The number of fused-ring (bicyclic) bond motifs is 1. The molecule has 0 aliphatic heterocycles. The highest BCUT2D eigenvalue weighted by Gasteiger charge is 2.29. The minimum Gasteiger partial charge on any atom is -0.370 e. The largest absolute Gasteiger partial charge is 0.370 e. The number of anilines is 3. The maximum atomic E-state index is 14.0. The Hall–Kier alpha value is -3.19. The molecule has 0 amide bonds. The van der Waals surface area contributed by atoms with Gasteiger partial charge in [-0.2, -0.15) is 0 Å². The number of aliphatic hydroxyl groups excluding tert-OH is 1. The molecule has 30 heavy (non-hydrogen) atoms. The predicted octanol–water partition coefficient (Wildman–Crippen LogP) is 4.82. The molecule has 156 valence electrons. The van der Waals surface area contributed by atoms with E-state index in [4.69, 9.17) is 0 Å². The SMILES string of the molecule is CC(C)(F)C(O)Nc1cc(-c2[nH]c3c(c2Nc2ccccc2)C(=O)CCC3)ccn1. The van der Waals surface area contributed by atoms with Crippen LogP contribution in [0.1, 0.15) is 42.7 Å². The summed E-state index contributed by atoms with van der Waals surface area (Å²) in [6, 6.07) is 13.2. The first kappa shape index (κ1) is 20.1. The minimum atomic E-state index is -1.82. The van der Waals surface area contributed by atoms with E-state index in [0.717, 1.165) is 41.2 Å². The third-order valence-electron chi connectivity index (χ3n) is 5.21.